The van der Waals surface area contributed by atoms with Gasteiger partial charge in [-0.15, -0.1) is 0 Å². The summed E-state index contributed by atoms with van der Waals surface area (Å²) >= 11 is 0. The van der Waals surface area contributed by atoms with Gasteiger partial charge in [0.15, 0.2) is 0 Å². The SMILES string of the molecule is C1=C(C2CCCCC2)CCCC1.O=S(=O)(O)C(F)(F)F. The van der Waals surface area contributed by atoms with Gasteiger partial charge >= 0.3 is 15.6 Å². The average molecular weight is 314 g/mol. The van der Waals surface area contributed by atoms with Gasteiger partial charge in [-0.3, -0.25) is 4.55 Å². The number of allylic oxidation sites excluding steroid dienone is 2. The van der Waals surface area contributed by atoms with Crippen LogP contribution in [0.2, 0.25) is 0 Å². The first-order valence-electron chi connectivity index (χ1n) is 6.94. The molecule has 0 aromatic rings. The Labute approximate surface area is 118 Å². The van der Waals surface area contributed by atoms with Crippen molar-refractivity contribution in [1.29, 1.82) is 0 Å². The summed E-state index contributed by atoms with van der Waals surface area (Å²) in [5.74, 6) is 0.999. The van der Waals surface area contributed by atoms with Gasteiger partial charge in [0.2, 0.25) is 0 Å². The van der Waals surface area contributed by atoms with Gasteiger partial charge in [-0.05, 0) is 44.4 Å². The summed E-state index contributed by atoms with van der Waals surface area (Å²) in [6.45, 7) is 0. The van der Waals surface area contributed by atoms with E-state index in [4.69, 9.17) is 13.0 Å². The van der Waals surface area contributed by atoms with Crippen LogP contribution in [0.3, 0.4) is 0 Å². The third kappa shape index (κ3) is 5.83. The minimum Gasteiger partial charge on any atom is -0.279 e. The lowest BCUT2D eigenvalue weighted by Crippen LogP contribution is -2.21. The number of alkyl halides is 3. The fourth-order valence-corrected chi connectivity index (χ4v) is 2.71. The molecule has 0 aromatic carbocycles. The van der Waals surface area contributed by atoms with Gasteiger partial charge in [-0.2, -0.15) is 21.6 Å². The Balaban J connectivity index is 0.000000221. The lowest BCUT2D eigenvalue weighted by molar-refractivity contribution is -0.0510. The van der Waals surface area contributed by atoms with Crippen molar-refractivity contribution in [2.75, 3.05) is 0 Å². The maximum Gasteiger partial charge on any atom is 0.522 e. The highest BCUT2D eigenvalue weighted by Crippen LogP contribution is 2.34. The fraction of sp³-hybridized carbons (Fsp3) is 0.846. The molecule has 7 heteroatoms. The standard InChI is InChI=1S/C12H20.CHF3O3S/c1-3-7-11(8-4-1)12-9-5-2-6-10-12;2-1(3,4)8(5,6)7/h7,12H,1-6,8-10H2;(H,5,6,7). The minimum absolute atomic E-state index is 0.999. The van der Waals surface area contributed by atoms with Gasteiger partial charge in [-0.25, -0.2) is 0 Å². The topological polar surface area (TPSA) is 54.4 Å². The lowest BCUT2D eigenvalue weighted by atomic mass is 9.80. The smallest absolute Gasteiger partial charge is 0.279 e. The van der Waals surface area contributed by atoms with E-state index in [1.807, 2.05) is 5.57 Å². The second kappa shape index (κ2) is 7.45. The largest absolute Gasteiger partial charge is 0.522 e. The van der Waals surface area contributed by atoms with Crippen molar-refractivity contribution in [1.82, 2.24) is 0 Å². The molecule has 0 radical (unpaired) electrons. The van der Waals surface area contributed by atoms with Crippen LogP contribution in [-0.4, -0.2) is 18.5 Å². The minimum atomic E-state index is -5.84. The quantitative estimate of drug-likeness (QED) is 0.441. The van der Waals surface area contributed by atoms with Crippen LogP contribution < -0.4 is 0 Å². The Kier molecular flexibility index (Phi) is 6.51. The Hall–Kier alpha value is -0.560. The highest BCUT2D eigenvalue weighted by molar-refractivity contribution is 7.86. The molecule has 20 heavy (non-hydrogen) atoms. The van der Waals surface area contributed by atoms with Crippen molar-refractivity contribution >= 4 is 10.1 Å². The molecule has 2 rings (SSSR count). The Morgan fingerprint density at radius 1 is 1.05 bits per heavy atom. The van der Waals surface area contributed by atoms with E-state index in [1.165, 1.54) is 57.8 Å². The molecule has 0 unspecified atom stereocenters. The molecular weight excluding hydrogens is 293 g/mol. The summed E-state index contributed by atoms with van der Waals surface area (Å²) in [6, 6.07) is 0. The molecule has 1 fully saturated rings. The number of hydrogen-bond acceptors (Lipinski definition) is 2. The van der Waals surface area contributed by atoms with Crippen molar-refractivity contribution < 1.29 is 26.1 Å². The Morgan fingerprint density at radius 2 is 1.60 bits per heavy atom. The van der Waals surface area contributed by atoms with Crippen LogP contribution in [-0.2, 0) is 10.1 Å². The zero-order valence-electron chi connectivity index (χ0n) is 11.3. The summed E-state index contributed by atoms with van der Waals surface area (Å²) in [7, 11) is -5.84. The molecule has 0 saturated heterocycles. The molecule has 0 heterocycles. The number of rotatable bonds is 1. The van der Waals surface area contributed by atoms with Crippen molar-refractivity contribution in [2.24, 2.45) is 5.92 Å². The molecular formula is C13H21F3O3S. The van der Waals surface area contributed by atoms with Gasteiger partial charge in [-0.1, -0.05) is 30.9 Å². The van der Waals surface area contributed by atoms with Crippen LogP contribution in [0.1, 0.15) is 57.8 Å². The van der Waals surface area contributed by atoms with E-state index in [1.54, 1.807) is 0 Å². The first kappa shape index (κ1) is 17.5. The van der Waals surface area contributed by atoms with Crippen LogP contribution in [0.25, 0.3) is 0 Å². The second-order valence-electron chi connectivity index (χ2n) is 5.28. The fourth-order valence-electron chi connectivity index (χ4n) is 2.71. The monoisotopic (exact) mass is 314 g/mol. The highest BCUT2D eigenvalue weighted by atomic mass is 32.2. The Morgan fingerprint density at radius 3 is 2.00 bits per heavy atom. The maximum atomic E-state index is 10.7. The molecule has 3 nitrogen and oxygen atoms in total. The molecule has 0 spiro atoms. The first-order valence-corrected chi connectivity index (χ1v) is 8.38. The molecule has 118 valence electrons. The Bertz CT molecular complexity index is 421. The molecule has 0 aromatic heterocycles. The van der Waals surface area contributed by atoms with Crippen molar-refractivity contribution in [3.05, 3.63) is 11.6 Å². The third-order valence-corrected chi connectivity index (χ3v) is 4.33. The van der Waals surface area contributed by atoms with Crippen LogP contribution in [0.5, 0.6) is 0 Å². The van der Waals surface area contributed by atoms with Gasteiger partial charge in [0.1, 0.15) is 0 Å². The molecule has 0 atom stereocenters. The van der Waals surface area contributed by atoms with Crippen molar-refractivity contribution in [3.63, 3.8) is 0 Å². The maximum absolute atomic E-state index is 10.7. The molecule has 2 aliphatic carbocycles. The number of hydrogen-bond donors (Lipinski definition) is 1. The van der Waals surface area contributed by atoms with Crippen molar-refractivity contribution in [2.45, 2.75) is 63.3 Å². The molecule has 1 N–H and O–H groups in total. The normalized spacial score (nSPS) is 21.7. The third-order valence-electron chi connectivity index (χ3n) is 3.75. The van der Waals surface area contributed by atoms with E-state index in [-0.39, 0.29) is 0 Å². The summed E-state index contributed by atoms with van der Waals surface area (Å²) in [4.78, 5) is 0. The first-order chi connectivity index (χ1) is 9.22. The van der Waals surface area contributed by atoms with E-state index >= 15 is 0 Å². The molecule has 0 amide bonds. The molecule has 0 aliphatic heterocycles. The van der Waals surface area contributed by atoms with E-state index in [0.717, 1.165) is 5.92 Å². The van der Waals surface area contributed by atoms with Gasteiger partial charge < -0.3 is 0 Å². The summed E-state index contributed by atoms with van der Waals surface area (Å²) in [5, 5.41) is 0. The van der Waals surface area contributed by atoms with E-state index < -0.39 is 15.6 Å². The summed E-state index contributed by atoms with van der Waals surface area (Å²) < 4.78 is 57.5. The van der Waals surface area contributed by atoms with Crippen LogP contribution >= 0.6 is 0 Å². The van der Waals surface area contributed by atoms with E-state index in [0.29, 0.717) is 0 Å². The number of halogens is 3. The summed E-state index contributed by atoms with van der Waals surface area (Å²) in [6.07, 6.45) is 15.7. The van der Waals surface area contributed by atoms with Crippen LogP contribution in [0, 0.1) is 5.92 Å². The zero-order chi connectivity index (χ0) is 15.2. The van der Waals surface area contributed by atoms with Crippen LogP contribution in [0.4, 0.5) is 13.2 Å². The molecule has 2 aliphatic rings. The highest BCUT2D eigenvalue weighted by Gasteiger charge is 2.44. The van der Waals surface area contributed by atoms with Crippen molar-refractivity contribution in [3.8, 4) is 0 Å². The zero-order valence-corrected chi connectivity index (χ0v) is 12.1. The molecule has 0 bridgehead atoms. The average Bonchev–Trinajstić information content (AvgIpc) is 2.39. The van der Waals surface area contributed by atoms with Gasteiger partial charge in [0.25, 0.3) is 0 Å². The lowest BCUT2D eigenvalue weighted by Gasteiger charge is -2.26. The predicted octanol–water partition coefficient (Wildman–Crippen LogP) is 4.46. The van der Waals surface area contributed by atoms with Gasteiger partial charge in [0, 0.05) is 0 Å². The van der Waals surface area contributed by atoms with Gasteiger partial charge in [0.05, 0.1) is 0 Å². The van der Waals surface area contributed by atoms with E-state index in [9.17, 15) is 13.2 Å². The van der Waals surface area contributed by atoms with E-state index in [2.05, 4.69) is 6.08 Å². The summed E-state index contributed by atoms with van der Waals surface area (Å²) in [5.41, 5.74) is -3.71. The second-order valence-corrected chi connectivity index (χ2v) is 6.69. The molecule has 1 saturated carbocycles. The predicted molar refractivity (Wildman–Crippen MR) is 70.7 cm³/mol. The van der Waals surface area contributed by atoms with Crippen LogP contribution in [0.15, 0.2) is 11.6 Å².